The molecule has 15 heavy (non-hydrogen) atoms. The molecule has 78 valence electrons. The van der Waals surface area contributed by atoms with Crippen LogP contribution in [-0.2, 0) is 6.54 Å². The van der Waals surface area contributed by atoms with Crippen molar-refractivity contribution in [2.24, 2.45) is 5.73 Å². The van der Waals surface area contributed by atoms with Crippen molar-refractivity contribution in [3.63, 3.8) is 0 Å². The molecule has 2 N–H and O–H groups in total. The fourth-order valence-corrected chi connectivity index (χ4v) is 1.32. The average Bonchev–Trinajstić information content (AvgIpc) is 2.67. The van der Waals surface area contributed by atoms with Crippen molar-refractivity contribution >= 4 is 0 Å². The van der Waals surface area contributed by atoms with E-state index in [2.05, 4.69) is 10.3 Å². The summed E-state index contributed by atoms with van der Waals surface area (Å²) in [4.78, 5) is 0. The third-order valence-electron chi connectivity index (χ3n) is 2.02. The van der Waals surface area contributed by atoms with E-state index in [4.69, 9.17) is 5.73 Å². The lowest BCUT2D eigenvalue weighted by molar-refractivity contribution is 0.598. The molecule has 4 nitrogen and oxygen atoms in total. The van der Waals surface area contributed by atoms with Gasteiger partial charge < -0.3 is 5.73 Å². The summed E-state index contributed by atoms with van der Waals surface area (Å²) in [5, 5.41) is 7.81. The highest BCUT2D eigenvalue weighted by molar-refractivity contribution is 5.57. The quantitative estimate of drug-likeness (QED) is 0.816. The summed E-state index contributed by atoms with van der Waals surface area (Å²) in [6.07, 6.45) is 1.75. The van der Waals surface area contributed by atoms with Gasteiger partial charge in [0.25, 0.3) is 0 Å². The van der Waals surface area contributed by atoms with Gasteiger partial charge in [-0.05, 0) is 12.1 Å². The van der Waals surface area contributed by atoms with E-state index in [-0.39, 0.29) is 5.82 Å². The first-order valence-electron chi connectivity index (χ1n) is 4.66. The van der Waals surface area contributed by atoms with Gasteiger partial charge in [0.15, 0.2) is 0 Å². The van der Waals surface area contributed by atoms with Crippen LogP contribution in [0.4, 0.5) is 4.39 Å². The Labute approximate surface area is 86.5 Å². The molecule has 2 aromatic rings. The third kappa shape index (κ3) is 2.19. The average molecular weight is 206 g/mol. The zero-order valence-corrected chi connectivity index (χ0v) is 8.10. The predicted octanol–water partition coefficient (Wildman–Crippen LogP) is 1.04. The Kier molecular flexibility index (Phi) is 2.73. The van der Waals surface area contributed by atoms with Gasteiger partial charge in [-0.3, -0.25) is 4.68 Å². The number of aromatic nitrogens is 3. The number of benzene rings is 1. The van der Waals surface area contributed by atoms with E-state index in [1.807, 2.05) is 0 Å². The monoisotopic (exact) mass is 206 g/mol. The van der Waals surface area contributed by atoms with Crippen LogP contribution in [0.15, 0.2) is 30.5 Å². The molecule has 2 rings (SSSR count). The highest BCUT2D eigenvalue weighted by Gasteiger charge is 2.03. The lowest BCUT2D eigenvalue weighted by atomic mass is 10.2. The summed E-state index contributed by atoms with van der Waals surface area (Å²) in [6, 6.07) is 6.26. The summed E-state index contributed by atoms with van der Waals surface area (Å²) in [7, 11) is 0. The summed E-state index contributed by atoms with van der Waals surface area (Å²) in [5.74, 6) is -0.277. The molecule has 1 heterocycles. The number of hydrogen-bond acceptors (Lipinski definition) is 3. The SMILES string of the molecule is NCCn1cc(-c2cccc(F)c2)nn1. The van der Waals surface area contributed by atoms with Crippen LogP contribution < -0.4 is 5.73 Å². The summed E-state index contributed by atoms with van der Waals surface area (Å²) >= 11 is 0. The molecule has 0 aliphatic carbocycles. The first kappa shape index (κ1) is 9.79. The van der Waals surface area contributed by atoms with Crippen LogP contribution in [0.2, 0.25) is 0 Å². The van der Waals surface area contributed by atoms with Gasteiger partial charge in [-0.1, -0.05) is 17.3 Å². The van der Waals surface area contributed by atoms with Crippen molar-refractivity contribution in [2.75, 3.05) is 6.54 Å². The highest BCUT2D eigenvalue weighted by atomic mass is 19.1. The van der Waals surface area contributed by atoms with Gasteiger partial charge in [-0.25, -0.2) is 4.39 Å². The minimum atomic E-state index is -0.277. The maximum absolute atomic E-state index is 12.9. The Bertz CT molecular complexity index is 452. The molecular weight excluding hydrogens is 195 g/mol. The Morgan fingerprint density at radius 2 is 2.27 bits per heavy atom. The van der Waals surface area contributed by atoms with Gasteiger partial charge >= 0.3 is 0 Å². The minimum Gasteiger partial charge on any atom is -0.329 e. The van der Waals surface area contributed by atoms with Crippen LogP contribution in [0, 0.1) is 5.82 Å². The molecule has 0 unspecified atom stereocenters. The Hall–Kier alpha value is -1.75. The largest absolute Gasteiger partial charge is 0.329 e. The van der Waals surface area contributed by atoms with Crippen LogP contribution in [0.3, 0.4) is 0 Å². The summed E-state index contributed by atoms with van der Waals surface area (Å²) in [5.41, 5.74) is 6.76. The lowest BCUT2D eigenvalue weighted by Gasteiger charge is -1.95. The molecule has 1 aromatic heterocycles. The second-order valence-electron chi connectivity index (χ2n) is 3.17. The van der Waals surface area contributed by atoms with Crippen molar-refractivity contribution < 1.29 is 4.39 Å². The van der Waals surface area contributed by atoms with E-state index in [0.717, 1.165) is 5.56 Å². The number of halogens is 1. The van der Waals surface area contributed by atoms with Gasteiger partial charge in [-0.2, -0.15) is 0 Å². The number of nitrogens with zero attached hydrogens (tertiary/aromatic N) is 3. The van der Waals surface area contributed by atoms with Crippen molar-refractivity contribution in [3.05, 3.63) is 36.3 Å². The second-order valence-corrected chi connectivity index (χ2v) is 3.17. The zero-order chi connectivity index (χ0) is 10.7. The van der Waals surface area contributed by atoms with Crippen molar-refractivity contribution in [1.82, 2.24) is 15.0 Å². The number of hydrogen-bond donors (Lipinski definition) is 1. The second kappa shape index (κ2) is 4.18. The summed E-state index contributed by atoms with van der Waals surface area (Å²) < 4.78 is 14.6. The van der Waals surface area contributed by atoms with Crippen molar-refractivity contribution in [1.29, 1.82) is 0 Å². The number of rotatable bonds is 3. The molecular formula is C10H11FN4. The Morgan fingerprint density at radius 1 is 1.40 bits per heavy atom. The van der Waals surface area contributed by atoms with E-state index in [1.54, 1.807) is 23.0 Å². The molecule has 0 aliphatic rings. The van der Waals surface area contributed by atoms with Crippen LogP contribution in [0.1, 0.15) is 0 Å². The van der Waals surface area contributed by atoms with E-state index in [0.29, 0.717) is 18.8 Å². The maximum Gasteiger partial charge on any atom is 0.123 e. The van der Waals surface area contributed by atoms with Crippen LogP contribution in [0.5, 0.6) is 0 Å². The lowest BCUT2D eigenvalue weighted by Crippen LogP contribution is -2.10. The number of nitrogens with two attached hydrogens (primary N) is 1. The Balaban J connectivity index is 2.29. The first-order chi connectivity index (χ1) is 7.29. The molecule has 1 aromatic carbocycles. The smallest absolute Gasteiger partial charge is 0.123 e. The molecule has 0 aliphatic heterocycles. The standard InChI is InChI=1S/C10H11FN4/c11-9-3-1-2-8(6-9)10-7-15(5-4-12)14-13-10/h1-3,6-7H,4-5,12H2. The maximum atomic E-state index is 12.9. The van der Waals surface area contributed by atoms with Crippen molar-refractivity contribution in [3.8, 4) is 11.3 Å². The molecule has 0 bridgehead atoms. The van der Waals surface area contributed by atoms with E-state index in [1.165, 1.54) is 12.1 Å². The van der Waals surface area contributed by atoms with Gasteiger partial charge in [-0.15, -0.1) is 5.10 Å². The fraction of sp³-hybridized carbons (Fsp3) is 0.200. The van der Waals surface area contributed by atoms with Gasteiger partial charge in [0.2, 0.25) is 0 Å². The first-order valence-corrected chi connectivity index (χ1v) is 4.66. The molecule has 0 saturated heterocycles. The van der Waals surface area contributed by atoms with E-state index < -0.39 is 0 Å². The zero-order valence-electron chi connectivity index (χ0n) is 8.10. The van der Waals surface area contributed by atoms with Crippen LogP contribution >= 0.6 is 0 Å². The highest BCUT2D eigenvalue weighted by Crippen LogP contribution is 2.16. The van der Waals surface area contributed by atoms with Gasteiger partial charge in [0.1, 0.15) is 11.5 Å². The van der Waals surface area contributed by atoms with E-state index >= 15 is 0 Å². The molecule has 0 saturated carbocycles. The molecule has 0 atom stereocenters. The molecule has 0 fully saturated rings. The Morgan fingerprint density at radius 3 is 3.00 bits per heavy atom. The van der Waals surface area contributed by atoms with Crippen LogP contribution in [0.25, 0.3) is 11.3 Å². The minimum absolute atomic E-state index is 0.277. The normalized spacial score (nSPS) is 10.5. The van der Waals surface area contributed by atoms with Crippen LogP contribution in [-0.4, -0.2) is 21.5 Å². The topological polar surface area (TPSA) is 56.7 Å². The fourth-order valence-electron chi connectivity index (χ4n) is 1.32. The van der Waals surface area contributed by atoms with Gasteiger partial charge in [0.05, 0.1) is 12.7 Å². The molecule has 0 amide bonds. The van der Waals surface area contributed by atoms with E-state index in [9.17, 15) is 4.39 Å². The third-order valence-corrected chi connectivity index (χ3v) is 2.02. The van der Waals surface area contributed by atoms with Gasteiger partial charge in [0, 0.05) is 12.1 Å². The molecule has 0 radical (unpaired) electrons. The molecule has 0 spiro atoms. The van der Waals surface area contributed by atoms with Crippen molar-refractivity contribution in [2.45, 2.75) is 6.54 Å². The molecule has 5 heteroatoms. The predicted molar refractivity (Wildman–Crippen MR) is 54.5 cm³/mol. The summed E-state index contributed by atoms with van der Waals surface area (Å²) in [6.45, 7) is 1.12.